The summed E-state index contributed by atoms with van der Waals surface area (Å²) in [5.41, 5.74) is 1.19. The number of rotatable bonds is 4. The Morgan fingerprint density at radius 3 is 2.41 bits per heavy atom. The average Bonchev–Trinajstić information content (AvgIpc) is 3.06. The summed E-state index contributed by atoms with van der Waals surface area (Å²) in [6, 6.07) is 9.66. The monoisotopic (exact) mass is 477 g/mol. The molecule has 32 heavy (non-hydrogen) atoms. The number of carbonyl (C=O) groups excluding carboxylic acids is 2. The lowest BCUT2D eigenvalue weighted by Crippen LogP contribution is -2.33. The minimum absolute atomic E-state index is 0. The van der Waals surface area contributed by atoms with Gasteiger partial charge in [-0.15, -0.1) is 0 Å². The maximum atomic E-state index is 14.6. The molecule has 2 aromatic rings. The van der Waals surface area contributed by atoms with Crippen LogP contribution in [0.15, 0.2) is 36.4 Å². The molecule has 172 valence electrons. The third kappa shape index (κ3) is 4.10. The summed E-state index contributed by atoms with van der Waals surface area (Å²) in [6.45, 7) is 7.20. The smallest absolute Gasteiger partial charge is 0.241 e. The summed E-state index contributed by atoms with van der Waals surface area (Å²) in [5, 5.41) is 0. The van der Waals surface area contributed by atoms with Gasteiger partial charge in [-0.05, 0) is 74.1 Å². The molecular formula is C24H28FNO4S2. The molecule has 0 aliphatic carbocycles. The van der Waals surface area contributed by atoms with Gasteiger partial charge in [-0.25, -0.2) is 12.8 Å². The molecule has 2 aliphatic rings. The number of halogens is 1. The minimum Gasteiger partial charge on any atom is -0.294 e. The standard InChI is InChI=1S/C24H26FNO4S.H2S/c1-15-5-7-18(25)20(11-15)26-19-8-6-16(12-17(19)23(2,3)22(26)28)21(27)13-24(4)9-10-31(29,30)14-24;/h5-8,11-12H,9-10,13-14H2,1-4H3;1H2/t24-;/m1./s1. The van der Waals surface area contributed by atoms with Gasteiger partial charge >= 0.3 is 0 Å². The zero-order valence-corrected chi connectivity index (χ0v) is 20.5. The zero-order chi connectivity index (χ0) is 22.8. The summed E-state index contributed by atoms with van der Waals surface area (Å²) in [6.07, 6.45) is 0.603. The van der Waals surface area contributed by atoms with Crippen molar-refractivity contribution in [3.05, 3.63) is 58.9 Å². The number of hydrogen-bond acceptors (Lipinski definition) is 4. The first-order valence-electron chi connectivity index (χ1n) is 10.3. The topological polar surface area (TPSA) is 71.5 Å². The van der Waals surface area contributed by atoms with Crippen LogP contribution in [-0.4, -0.2) is 31.6 Å². The number of ketones is 1. The van der Waals surface area contributed by atoms with Crippen LogP contribution in [-0.2, 0) is 20.0 Å². The zero-order valence-electron chi connectivity index (χ0n) is 18.7. The van der Waals surface area contributed by atoms with E-state index in [4.69, 9.17) is 0 Å². The van der Waals surface area contributed by atoms with E-state index in [1.807, 2.05) is 13.8 Å². The van der Waals surface area contributed by atoms with E-state index < -0.39 is 26.5 Å². The van der Waals surface area contributed by atoms with E-state index in [1.165, 1.54) is 11.0 Å². The van der Waals surface area contributed by atoms with Crippen LogP contribution in [0.2, 0.25) is 0 Å². The molecular weight excluding hydrogens is 449 g/mol. The molecule has 2 heterocycles. The molecule has 0 N–H and O–H groups in total. The normalized spacial score (nSPS) is 23.0. The number of hydrogen-bond donors (Lipinski definition) is 0. The van der Waals surface area contributed by atoms with Gasteiger partial charge in [0.15, 0.2) is 15.6 Å². The molecule has 8 heteroatoms. The van der Waals surface area contributed by atoms with E-state index in [-0.39, 0.29) is 48.8 Å². The number of anilines is 2. The van der Waals surface area contributed by atoms with Gasteiger partial charge in [0.25, 0.3) is 0 Å². The number of Topliss-reactive ketones (excluding diaryl/α,β-unsaturated/α-hetero) is 1. The molecule has 1 atom stereocenters. The Morgan fingerprint density at radius 2 is 1.78 bits per heavy atom. The van der Waals surface area contributed by atoms with Gasteiger partial charge in [-0.1, -0.05) is 13.0 Å². The fraction of sp³-hybridized carbons (Fsp3) is 0.417. The van der Waals surface area contributed by atoms with Gasteiger partial charge in [0.1, 0.15) is 5.82 Å². The van der Waals surface area contributed by atoms with E-state index in [1.54, 1.807) is 44.2 Å². The van der Waals surface area contributed by atoms with Crippen molar-refractivity contribution in [2.24, 2.45) is 5.41 Å². The van der Waals surface area contributed by atoms with E-state index in [0.29, 0.717) is 23.2 Å². The Balaban J connectivity index is 0.00000289. The van der Waals surface area contributed by atoms with Crippen molar-refractivity contribution in [3.8, 4) is 0 Å². The number of sulfone groups is 1. The second-order valence-electron chi connectivity index (χ2n) is 9.71. The molecule has 1 saturated heterocycles. The van der Waals surface area contributed by atoms with Crippen molar-refractivity contribution in [1.29, 1.82) is 0 Å². The van der Waals surface area contributed by atoms with Crippen molar-refractivity contribution in [1.82, 2.24) is 0 Å². The number of carbonyl (C=O) groups is 2. The molecule has 1 fully saturated rings. The summed E-state index contributed by atoms with van der Waals surface area (Å²) in [4.78, 5) is 27.6. The van der Waals surface area contributed by atoms with Crippen molar-refractivity contribution in [2.45, 2.75) is 46.0 Å². The minimum atomic E-state index is -3.10. The number of amides is 1. The van der Waals surface area contributed by atoms with Crippen LogP contribution in [0.3, 0.4) is 0 Å². The average molecular weight is 478 g/mol. The molecule has 4 rings (SSSR count). The molecule has 2 aliphatic heterocycles. The summed E-state index contributed by atoms with van der Waals surface area (Å²) in [7, 11) is -3.10. The number of fused-ring (bicyclic) bond motifs is 1. The van der Waals surface area contributed by atoms with Crippen LogP contribution in [0.4, 0.5) is 15.8 Å². The van der Waals surface area contributed by atoms with Crippen LogP contribution in [0, 0.1) is 18.2 Å². The first kappa shape index (κ1) is 24.5. The van der Waals surface area contributed by atoms with Gasteiger partial charge in [0.2, 0.25) is 5.91 Å². The Morgan fingerprint density at radius 1 is 1.09 bits per heavy atom. The predicted molar refractivity (Wildman–Crippen MR) is 128 cm³/mol. The molecule has 0 radical (unpaired) electrons. The first-order chi connectivity index (χ1) is 14.3. The highest BCUT2D eigenvalue weighted by Gasteiger charge is 2.46. The van der Waals surface area contributed by atoms with Crippen molar-refractivity contribution >= 4 is 46.4 Å². The summed E-state index contributed by atoms with van der Waals surface area (Å²) < 4.78 is 38.3. The van der Waals surface area contributed by atoms with Crippen molar-refractivity contribution in [2.75, 3.05) is 16.4 Å². The van der Waals surface area contributed by atoms with E-state index in [0.717, 1.165) is 5.56 Å². The molecule has 0 saturated carbocycles. The van der Waals surface area contributed by atoms with Crippen LogP contribution >= 0.6 is 13.5 Å². The molecule has 1 amide bonds. The lowest BCUT2D eigenvalue weighted by Gasteiger charge is -2.21. The molecule has 0 bridgehead atoms. The van der Waals surface area contributed by atoms with Gasteiger partial charge in [0.05, 0.1) is 28.3 Å². The first-order valence-corrected chi connectivity index (χ1v) is 12.1. The van der Waals surface area contributed by atoms with Crippen LogP contribution in [0.1, 0.15) is 55.1 Å². The lowest BCUT2D eigenvalue weighted by molar-refractivity contribution is -0.121. The van der Waals surface area contributed by atoms with Crippen molar-refractivity contribution in [3.63, 3.8) is 0 Å². The van der Waals surface area contributed by atoms with Gasteiger partial charge in [0, 0.05) is 12.0 Å². The fourth-order valence-corrected chi connectivity index (χ4v) is 6.91. The number of nitrogens with zero attached hydrogens (tertiary/aromatic N) is 1. The summed E-state index contributed by atoms with van der Waals surface area (Å²) in [5.74, 6) is -0.768. The highest BCUT2D eigenvalue weighted by molar-refractivity contribution is 7.91. The third-order valence-electron chi connectivity index (χ3n) is 6.49. The fourth-order valence-electron chi connectivity index (χ4n) is 4.65. The Bertz CT molecular complexity index is 1220. The molecule has 0 spiro atoms. The van der Waals surface area contributed by atoms with E-state index in [2.05, 4.69) is 0 Å². The lowest BCUT2D eigenvalue weighted by atomic mass is 9.81. The highest BCUT2D eigenvalue weighted by atomic mass is 32.2. The maximum absolute atomic E-state index is 14.6. The van der Waals surface area contributed by atoms with E-state index in [9.17, 15) is 22.4 Å². The van der Waals surface area contributed by atoms with Crippen LogP contribution in [0.5, 0.6) is 0 Å². The van der Waals surface area contributed by atoms with Crippen LogP contribution < -0.4 is 4.90 Å². The second-order valence-corrected chi connectivity index (χ2v) is 11.9. The van der Waals surface area contributed by atoms with Crippen molar-refractivity contribution < 1.29 is 22.4 Å². The summed E-state index contributed by atoms with van der Waals surface area (Å²) >= 11 is 0. The van der Waals surface area contributed by atoms with Gasteiger partial charge < -0.3 is 0 Å². The van der Waals surface area contributed by atoms with E-state index >= 15 is 0 Å². The van der Waals surface area contributed by atoms with Gasteiger partial charge in [-0.3, -0.25) is 14.5 Å². The second kappa shape index (κ2) is 7.99. The molecule has 5 nitrogen and oxygen atoms in total. The SMILES string of the molecule is Cc1ccc(F)c(N2C(=O)C(C)(C)c3cc(C(=O)C[C@@]4(C)CCS(=O)(=O)C4)ccc32)c1.S. The largest absolute Gasteiger partial charge is 0.294 e. The predicted octanol–water partition coefficient (Wildman–Crippen LogP) is 4.60. The Labute approximate surface area is 195 Å². The molecule has 0 unspecified atom stereocenters. The molecule has 0 aromatic heterocycles. The maximum Gasteiger partial charge on any atom is 0.241 e. The number of benzene rings is 2. The number of aryl methyl sites for hydroxylation is 1. The third-order valence-corrected chi connectivity index (χ3v) is 8.45. The van der Waals surface area contributed by atoms with Gasteiger partial charge in [-0.2, -0.15) is 13.5 Å². The quantitative estimate of drug-likeness (QED) is 0.604. The molecule has 2 aromatic carbocycles. The Hall–Kier alpha value is -2.19. The van der Waals surface area contributed by atoms with Crippen LogP contribution in [0.25, 0.3) is 0 Å². The Kier molecular flexibility index (Phi) is 6.10. The highest BCUT2D eigenvalue weighted by Crippen LogP contribution is 2.47.